The first kappa shape index (κ1) is 12.3. The molecule has 0 saturated carbocycles. The molecule has 0 aliphatic carbocycles. The summed E-state index contributed by atoms with van der Waals surface area (Å²) in [6.07, 6.45) is 2.47. The molecule has 2 heterocycles. The molecule has 1 aliphatic rings. The Bertz CT molecular complexity index is 457. The number of piperidine rings is 1. The minimum Gasteiger partial charge on any atom is -0.366 e. The van der Waals surface area contributed by atoms with E-state index >= 15 is 0 Å². The normalized spacial score (nSPS) is 19.6. The lowest BCUT2D eigenvalue weighted by Crippen LogP contribution is -2.51. The molecule has 1 unspecified atom stereocenters. The molecule has 0 radical (unpaired) electrons. The van der Waals surface area contributed by atoms with E-state index in [0.717, 1.165) is 12.8 Å². The fraction of sp³-hybridized carbons (Fsp3) is 0.600. The highest BCUT2D eigenvalue weighted by Crippen LogP contribution is 2.19. The molecule has 2 rings (SSSR count). The van der Waals surface area contributed by atoms with Crippen LogP contribution in [0.1, 0.15) is 29.9 Å². The lowest BCUT2D eigenvalue weighted by Gasteiger charge is -2.33. The van der Waals surface area contributed by atoms with Gasteiger partial charge in [-0.15, -0.1) is 5.10 Å². The summed E-state index contributed by atoms with van der Waals surface area (Å²) in [5.74, 6) is -0.404. The van der Waals surface area contributed by atoms with Gasteiger partial charge in [-0.2, -0.15) is 4.98 Å². The van der Waals surface area contributed by atoms with Crippen molar-refractivity contribution >= 4 is 17.8 Å². The number of nitrogens with zero attached hydrogens (tertiary/aromatic N) is 3. The van der Waals surface area contributed by atoms with Crippen LogP contribution in [0.4, 0.5) is 5.95 Å². The smallest absolute Gasteiger partial charge is 0.291 e. The molecular weight excluding hydrogens is 236 g/mol. The van der Waals surface area contributed by atoms with Crippen LogP contribution in [0.25, 0.3) is 0 Å². The van der Waals surface area contributed by atoms with Gasteiger partial charge in [0.15, 0.2) is 0 Å². The summed E-state index contributed by atoms with van der Waals surface area (Å²) in [7, 11) is 1.56. The average molecular weight is 252 g/mol. The van der Waals surface area contributed by atoms with Crippen molar-refractivity contribution in [3.05, 3.63) is 5.82 Å². The third kappa shape index (κ3) is 2.27. The van der Waals surface area contributed by atoms with Gasteiger partial charge in [0.2, 0.25) is 17.7 Å². The number of nitrogens with one attached hydrogen (secondary N) is 2. The van der Waals surface area contributed by atoms with Gasteiger partial charge in [-0.1, -0.05) is 0 Å². The zero-order valence-corrected chi connectivity index (χ0v) is 10.1. The number of aromatic amines is 1. The van der Waals surface area contributed by atoms with E-state index in [9.17, 15) is 9.59 Å². The Balaban J connectivity index is 2.18. The van der Waals surface area contributed by atoms with Gasteiger partial charge in [-0.05, 0) is 19.3 Å². The van der Waals surface area contributed by atoms with Gasteiger partial charge < -0.3 is 16.0 Å². The van der Waals surface area contributed by atoms with Gasteiger partial charge in [0.25, 0.3) is 5.91 Å². The Morgan fingerprint density at radius 1 is 1.50 bits per heavy atom. The maximum atomic E-state index is 12.2. The highest BCUT2D eigenvalue weighted by atomic mass is 16.2. The number of hydrogen-bond acceptors (Lipinski definition) is 5. The number of rotatable bonds is 2. The molecule has 18 heavy (non-hydrogen) atoms. The Kier molecular flexibility index (Phi) is 3.45. The first-order valence-electron chi connectivity index (χ1n) is 5.84. The standard InChI is InChI=1S/C10H16N6O2/c1-12-8(17)6-4-2-3-5-16(6)9(18)7-13-10(11)15-14-7/h6H,2-5H2,1H3,(H,12,17)(H3,11,13,14,15). The van der Waals surface area contributed by atoms with E-state index in [1.807, 2.05) is 0 Å². The number of carbonyl (C=O) groups is 2. The molecule has 1 aromatic heterocycles. The topological polar surface area (TPSA) is 117 Å². The highest BCUT2D eigenvalue weighted by molar-refractivity contribution is 5.95. The summed E-state index contributed by atoms with van der Waals surface area (Å²) in [6.45, 7) is 0.539. The number of likely N-dealkylation sites (tertiary alicyclic amines) is 1. The van der Waals surface area contributed by atoms with E-state index in [1.54, 1.807) is 7.05 Å². The molecule has 1 aliphatic heterocycles. The molecule has 1 fully saturated rings. The number of aromatic nitrogens is 3. The van der Waals surface area contributed by atoms with Crippen LogP contribution >= 0.6 is 0 Å². The van der Waals surface area contributed by atoms with E-state index < -0.39 is 6.04 Å². The minimum atomic E-state index is -0.442. The Hall–Kier alpha value is -2.12. The van der Waals surface area contributed by atoms with Crippen LogP contribution in [0.5, 0.6) is 0 Å². The molecule has 1 aromatic rings. The largest absolute Gasteiger partial charge is 0.366 e. The summed E-state index contributed by atoms with van der Waals surface area (Å²) in [4.78, 5) is 29.3. The van der Waals surface area contributed by atoms with Crippen LogP contribution in [0.3, 0.4) is 0 Å². The predicted octanol–water partition coefficient (Wildman–Crippen LogP) is -0.872. The molecule has 0 spiro atoms. The number of hydrogen-bond donors (Lipinski definition) is 3. The monoisotopic (exact) mass is 252 g/mol. The molecule has 0 bridgehead atoms. The molecule has 1 atom stereocenters. The number of likely N-dealkylation sites (N-methyl/N-ethyl adjacent to an activating group) is 1. The van der Waals surface area contributed by atoms with Crippen molar-refractivity contribution < 1.29 is 9.59 Å². The zero-order chi connectivity index (χ0) is 13.1. The lowest BCUT2D eigenvalue weighted by atomic mass is 10.0. The van der Waals surface area contributed by atoms with Gasteiger partial charge in [0, 0.05) is 13.6 Å². The van der Waals surface area contributed by atoms with Crippen molar-refractivity contribution in [2.75, 3.05) is 19.3 Å². The van der Waals surface area contributed by atoms with Gasteiger partial charge >= 0.3 is 0 Å². The van der Waals surface area contributed by atoms with E-state index in [-0.39, 0.29) is 23.6 Å². The Morgan fingerprint density at radius 3 is 2.89 bits per heavy atom. The highest BCUT2D eigenvalue weighted by Gasteiger charge is 2.33. The van der Waals surface area contributed by atoms with Crippen molar-refractivity contribution in [3.63, 3.8) is 0 Å². The molecule has 4 N–H and O–H groups in total. The van der Waals surface area contributed by atoms with Crippen LogP contribution in [0, 0.1) is 0 Å². The second-order valence-electron chi connectivity index (χ2n) is 4.17. The fourth-order valence-corrected chi connectivity index (χ4v) is 2.12. The van der Waals surface area contributed by atoms with Gasteiger partial charge in [0.05, 0.1) is 0 Å². The van der Waals surface area contributed by atoms with Crippen LogP contribution in [-0.4, -0.2) is 51.5 Å². The van der Waals surface area contributed by atoms with Crippen molar-refractivity contribution in [2.24, 2.45) is 0 Å². The molecule has 8 heteroatoms. The fourth-order valence-electron chi connectivity index (χ4n) is 2.12. The minimum absolute atomic E-state index is 0.0202. The first-order chi connectivity index (χ1) is 8.63. The van der Waals surface area contributed by atoms with E-state index in [0.29, 0.717) is 13.0 Å². The van der Waals surface area contributed by atoms with Crippen LogP contribution < -0.4 is 11.1 Å². The summed E-state index contributed by atoms with van der Waals surface area (Å²) < 4.78 is 0. The van der Waals surface area contributed by atoms with Gasteiger partial charge in [-0.25, -0.2) is 0 Å². The van der Waals surface area contributed by atoms with Gasteiger partial charge in [0.1, 0.15) is 6.04 Å². The number of amides is 2. The van der Waals surface area contributed by atoms with Crippen molar-refractivity contribution in [3.8, 4) is 0 Å². The van der Waals surface area contributed by atoms with E-state index in [4.69, 9.17) is 5.73 Å². The van der Waals surface area contributed by atoms with E-state index in [1.165, 1.54) is 4.90 Å². The van der Waals surface area contributed by atoms with E-state index in [2.05, 4.69) is 20.5 Å². The van der Waals surface area contributed by atoms with Crippen LogP contribution in [0.15, 0.2) is 0 Å². The average Bonchev–Trinajstić information content (AvgIpc) is 2.83. The first-order valence-corrected chi connectivity index (χ1v) is 5.84. The van der Waals surface area contributed by atoms with Crippen molar-refractivity contribution in [1.29, 1.82) is 0 Å². The molecule has 8 nitrogen and oxygen atoms in total. The third-order valence-corrected chi connectivity index (χ3v) is 3.02. The number of H-pyrrole nitrogens is 1. The lowest BCUT2D eigenvalue weighted by molar-refractivity contribution is -0.126. The summed E-state index contributed by atoms with van der Waals surface area (Å²) in [6, 6.07) is -0.442. The molecule has 1 saturated heterocycles. The number of carbonyl (C=O) groups excluding carboxylic acids is 2. The third-order valence-electron chi connectivity index (χ3n) is 3.02. The predicted molar refractivity (Wildman–Crippen MR) is 63.5 cm³/mol. The SMILES string of the molecule is CNC(=O)C1CCCCN1C(=O)c1nc(N)n[nH]1. The molecule has 98 valence electrons. The van der Waals surface area contributed by atoms with Crippen molar-refractivity contribution in [2.45, 2.75) is 25.3 Å². The second kappa shape index (κ2) is 5.03. The van der Waals surface area contributed by atoms with Crippen LogP contribution in [-0.2, 0) is 4.79 Å². The van der Waals surface area contributed by atoms with Crippen molar-refractivity contribution in [1.82, 2.24) is 25.4 Å². The van der Waals surface area contributed by atoms with Gasteiger partial charge in [-0.3, -0.25) is 14.7 Å². The number of nitrogen functional groups attached to an aromatic ring is 1. The number of nitrogens with two attached hydrogens (primary N) is 1. The zero-order valence-electron chi connectivity index (χ0n) is 10.1. The second-order valence-corrected chi connectivity index (χ2v) is 4.17. The summed E-state index contributed by atoms with van der Waals surface area (Å²) in [5.41, 5.74) is 5.36. The molecule has 2 amide bonds. The maximum absolute atomic E-state index is 12.2. The Morgan fingerprint density at radius 2 is 2.28 bits per heavy atom. The Labute approximate surface area is 104 Å². The summed E-state index contributed by atoms with van der Waals surface area (Å²) in [5, 5.41) is 8.66. The molecular formula is C10H16N6O2. The van der Waals surface area contributed by atoms with Crippen LogP contribution in [0.2, 0.25) is 0 Å². The molecule has 0 aromatic carbocycles. The summed E-state index contributed by atoms with van der Waals surface area (Å²) >= 11 is 0. The quantitative estimate of drug-likeness (QED) is 0.632. The number of anilines is 1. The maximum Gasteiger partial charge on any atom is 0.291 e.